The average molecular weight is 356 g/mol. The highest BCUT2D eigenvalue weighted by Crippen LogP contribution is 2.40. The molecule has 0 radical (unpaired) electrons. The molecule has 0 aromatic carbocycles. The molecule has 7 nitrogen and oxygen atoms in total. The van der Waals surface area contributed by atoms with Crippen LogP contribution in [0.4, 0.5) is 0 Å². The number of nitrogens with one attached hydrogen (secondary N) is 1. The maximum Gasteiger partial charge on any atom is 0.332 e. The lowest BCUT2D eigenvalue weighted by atomic mass is 9.66. The highest BCUT2D eigenvalue weighted by molar-refractivity contribution is 5.90. The maximum atomic E-state index is 12.0. The second-order valence-electron chi connectivity index (χ2n) is 8.31. The zero-order chi connectivity index (χ0) is 20.0. The van der Waals surface area contributed by atoms with Crippen molar-refractivity contribution in [3.8, 4) is 0 Å². The third-order valence-corrected chi connectivity index (χ3v) is 3.85. The molecule has 0 bridgehead atoms. The van der Waals surface area contributed by atoms with Gasteiger partial charge in [0.15, 0.2) is 0 Å². The number of allylic oxidation sites excluding steroid dienone is 1. The van der Waals surface area contributed by atoms with Gasteiger partial charge in [-0.05, 0) is 16.7 Å². The second kappa shape index (κ2) is 8.99. The van der Waals surface area contributed by atoms with Crippen LogP contribution in [0.2, 0.25) is 0 Å². The molecule has 2 atom stereocenters. The fraction of sp³-hybridized carbons (Fsp3) is 0.722. The number of carbonyl (C=O) groups excluding carboxylic acids is 2. The number of methoxy groups -OCH3 is 1. The minimum atomic E-state index is -1.24. The van der Waals surface area contributed by atoms with Crippen LogP contribution in [0.5, 0.6) is 0 Å². The predicted molar refractivity (Wildman–Crippen MR) is 95.7 cm³/mol. The summed E-state index contributed by atoms with van der Waals surface area (Å²) in [5, 5.41) is 11.2. The molecule has 7 heteroatoms. The van der Waals surface area contributed by atoms with Gasteiger partial charge in [0, 0.05) is 0 Å². The topological polar surface area (TPSA) is 119 Å². The van der Waals surface area contributed by atoms with E-state index >= 15 is 0 Å². The van der Waals surface area contributed by atoms with Gasteiger partial charge in [0.1, 0.15) is 6.04 Å². The standard InChI is InChI=1S/C18H32N2O5/c1-17(2,3)13(18(4,5)6)9-8-12(16(24)25-7)20-15(23)11(19)10-14(21)22/h8-9,11-13H,10,19H2,1-7H3,(H,20,23)(H,21,22)/t11-,12?/m0/s1. The normalized spacial score (nSPS) is 15.1. The van der Waals surface area contributed by atoms with Crippen molar-refractivity contribution >= 4 is 17.8 Å². The first kappa shape index (κ1) is 23.1. The van der Waals surface area contributed by atoms with E-state index in [2.05, 4.69) is 46.9 Å². The van der Waals surface area contributed by atoms with Crippen LogP contribution in [0.25, 0.3) is 0 Å². The molecule has 0 saturated carbocycles. The number of hydrogen-bond acceptors (Lipinski definition) is 5. The van der Waals surface area contributed by atoms with Gasteiger partial charge < -0.3 is 20.9 Å². The third kappa shape index (κ3) is 8.16. The zero-order valence-electron chi connectivity index (χ0n) is 16.3. The molecular weight excluding hydrogens is 324 g/mol. The Hall–Kier alpha value is -1.89. The SMILES string of the molecule is COC(=O)C(C=CC(C(C)(C)C)C(C)(C)C)NC(=O)[C@@H](N)CC(=O)O. The lowest BCUT2D eigenvalue weighted by molar-refractivity contribution is -0.144. The fourth-order valence-electron chi connectivity index (χ4n) is 2.95. The van der Waals surface area contributed by atoms with Gasteiger partial charge in [-0.1, -0.05) is 53.7 Å². The van der Waals surface area contributed by atoms with Crippen molar-refractivity contribution in [1.29, 1.82) is 0 Å². The number of nitrogens with two attached hydrogens (primary N) is 1. The van der Waals surface area contributed by atoms with Crippen molar-refractivity contribution in [2.24, 2.45) is 22.5 Å². The Morgan fingerprint density at radius 3 is 1.92 bits per heavy atom. The minimum Gasteiger partial charge on any atom is -0.481 e. The van der Waals surface area contributed by atoms with E-state index < -0.39 is 36.4 Å². The van der Waals surface area contributed by atoms with Crippen LogP contribution in [-0.2, 0) is 19.1 Å². The monoisotopic (exact) mass is 356 g/mol. The van der Waals surface area contributed by atoms with Crippen LogP contribution < -0.4 is 11.1 Å². The van der Waals surface area contributed by atoms with Gasteiger partial charge in [-0.3, -0.25) is 9.59 Å². The first-order valence-corrected chi connectivity index (χ1v) is 8.24. The number of ether oxygens (including phenoxy) is 1. The second-order valence-corrected chi connectivity index (χ2v) is 8.31. The summed E-state index contributed by atoms with van der Waals surface area (Å²) in [6, 6.07) is -2.26. The number of esters is 1. The molecule has 0 rings (SSSR count). The molecule has 0 spiro atoms. The average Bonchev–Trinajstić information content (AvgIpc) is 2.41. The molecule has 0 aliphatic rings. The van der Waals surface area contributed by atoms with Gasteiger partial charge in [0.05, 0.1) is 19.6 Å². The molecule has 144 valence electrons. The van der Waals surface area contributed by atoms with Gasteiger partial charge >= 0.3 is 11.9 Å². The van der Waals surface area contributed by atoms with Crippen LogP contribution >= 0.6 is 0 Å². The molecule has 0 aromatic heterocycles. The molecule has 4 N–H and O–H groups in total. The van der Waals surface area contributed by atoms with Crippen molar-refractivity contribution in [1.82, 2.24) is 5.32 Å². The van der Waals surface area contributed by atoms with Crippen LogP contribution in [-0.4, -0.2) is 42.1 Å². The van der Waals surface area contributed by atoms with E-state index in [0.29, 0.717) is 0 Å². The first-order chi connectivity index (χ1) is 11.2. The van der Waals surface area contributed by atoms with Crippen molar-refractivity contribution in [3.05, 3.63) is 12.2 Å². The maximum absolute atomic E-state index is 12.0. The minimum absolute atomic E-state index is 0.0564. The summed E-state index contributed by atoms with van der Waals surface area (Å²) in [7, 11) is 1.22. The number of hydrogen-bond donors (Lipinski definition) is 3. The summed E-state index contributed by atoms with van der Waals surface area (Å²) < 4.78 is 4.72. The van der Waals surface area contributed by atoms with E-state index in [9.17, 15) is 14.4 Å². The highest BCUT2D eigenvalue weighted by atomic mass is 16.5. The molecule has 0 fully saturated rings. The summed E-state index contributed by atoms with van der Waals surface area (Å²) in [5.41, 5.74) is 5.42. The van der Waals surface area contributed by atoms with Gasteiger partial charge in [-0.2, -0.15) is 0 Å². The van der Waals surface area contributed by atoms with Gasteiger partial charge in [-0.15, -0.1) is 0 Å². The van der Waals surface area contributed by atoms with E-state index in [1.807, 2.05) is 6.08 Å². The molecule has 0 saturated heterocycles. The predicted octanol–water partition coefficient (Wildman–Crippen LogP) is 1.71. The summed E-state index contributed by atoms with van der Waals surface area (Å²) >= 11 is 0. The molecule has 0 heterocycles. The van der Waals surface area contributed by atoms with Crippen molar-refractivity contribution in [3.63, 3.8) is 0 Å². The Kier molecular flexibility index (Phi) is 8.31. The lowest BCUT2D eigenvalue weighted by Gasteiger charge is -2.39. The van der Waals surface area contributed by atoms with Crippen LogP contribution in [0.15, 0.2) is 12.2 Å². The Morgan fingerprint density at radius 1 is 1.08 bits per heavy atom. The number of amides is 1. The largest absolute Gasteiger partial charge is 0.481 e. The fourth-order valence-corrected chi connectivity index (χ4v) is 2.95. The molecular formula is C18H32N2O5. The van der Waals surface area contributed by atoms with Crippen molar-refractivity contribution in [2.45, 2.75) is 60.0 Å². The molecule has 0 aliphatic carbocycles. The van der Waals surface area contributed by atoms with E-state index in [1.165, 1.54) is 7.11 Å². The van der Waals surface area contributed by atoms with Gasteiger partial charge in [0.25, 0.3) is 0 Å². The number of aliphatic carboxylic acids is 1. The highest BCUT2D eigenvalue weighted by Gasteiger charge is 2.33. The zero-order valence-corrected chi connectivity index (χ0v) is 16.3. The van der Waals surface area contributed by atoms with Gasteiger partial charge in [-0.25, -0.2) is 4.79 Å². The van der Waals surface area contributed by atoms with E-state index in [0.717, 1.165) is 0 Å². The molecule has 25 heavy (non-hydrogen) atoms. The Morgan fingerprint density at radius 2 is 1.56 bits per heavy atom. The van der Waals surface area contributed by atoms with E-state index in [4.69, 9.17) is 15.6 Å². The number of carboxylic acids is 1. The third-order valence-electron chi connectivity index (χ3n) is 3.85. The summed E-state index contributed by atoms with van der Waals surface area (Å²) in [6.45, 7) is 12.6. The smallest absolute Gasteiger partial charge is 0.332 e. The number of carbonyl (C=O) groups is 3. The first-order valence-electron chi connectivity index (χ1n) is 8.24. The Balaban J connectivity index is 5.38. The van der Waals surface area contributed by atoms with Crippen LogP contribution in [0.1, 0.15) is 48.0 Å². The number of carboxylic acid groups (broad SMARTS) is 1. The number of rotatable bonds is 7. The molecule has 1 amide bonds. The summed E-state index contributed by atoms with van der Waals surface area (Å²) in [4.78, 5) is 34.6. The van der Waals surface area contributed by atoms with E-state index in [-0.39, 0.29) is 16.7 Å². The Labute approximate surface area is 150 Å². The summed E-state index contributed by atoms with van der Waals surface area (Å²) in [5.74, 6) is -2.43. The lowest BCUT2D eigenvalue weighted by Crippen LogP contribution is -2.48. The molecule has 1 unspecified atom stereocenters. The van der Waals surface area contributed by atoms with Crippen molar-refractivity contribution in [2.75, 3.05) is 7.11 Å². The summed E-state index contributed by atoms with van der Waals surface area (Å²) in [6.07, 6.45) is 2.96. The molecule has 0 aromatic rings. The van der Waals surface area contributed by atoms with E-state index in [1.54, 1.807) is 6.08 Å². The van der Waals surface area contributed by atoms with Crippen molar-refractivity contribution < 1.29 is 24.2 Å². The Bertz CT molecular complexity index is 501. The van der Waals surface area contributed by atoms with Crippen LogP contribution in [0.3, 0.4) is 0 Å². The van der Waals surface area contributed by atoms with Gasteiger partial charge in [0.2, 0.25) is 5.91 Å². The molecule has 0 aliphatic heterocycles. The van der Waals surface area contributed by atoms with Crippen LogP contribution in [0, 0.1) is 16.7 Å². The quantitative estimate of drug-likeness (QED) is 0.472.